The van der Waals surface area contributed by atoms with E-state index in [1.807, 2.05) is 24.5 Å². The molecule has 0 aliphatic rings. The molecule has 2 rings (SSSR count). The smallest absolute Gasteiger partial charge is 0.186 e. The summed E-state index contributed by atoms with van der Waals surface area (Å²) < 4.78 is 12.7. The molecule has 134 valence electrons. The van der Waals surface area contributed by atoms with Gasteiger partial charge in [-0.1, -0.05) is 62.4 Å². The summed E-state index contributed by atoms with van der Waals surface area (Å²) in [5.41, 5.74) is 3.19. The Balaban J connectivity index is 2.22. The summed E-state index contributed by atoms with van der Waals surface area (Å²) in [5, 5.41) is 3.32. The van der Waals surface area contributed by atoms with Crippen LogP contribution >= 0.6 is 23.1 Å². The third-order valence-corrected chi connectivity index (χ3v) is 7.37. The van der Waals surface area contributed by atoms with Gasteiger partial charge in [-0.25, -0.2) is 4.98 Å². The topological polar surface area (TPSA) is 36.0 Å². The summed E-state index contributed by atoms with van der Waals surface area (Å²) >= 11 is 2.30. The van der Waals surface area contributed by atoms with Crippen molar-refractivity contribution in [1.82, 2.24) is 4.98 Å². The number of rotatable bonds is 8. The second-order valence-electron chi connectivity index (χ2n) is 5.88. The first-order valence-electron chi connectivity index (χ1n) is 8.36. The van der Waals surface area contributed by atoms with Crippen LogP contribution in [0.25, 0.3) is 18.2 Å². The molecule has 1 aromatic carbocycles. The molecule has 0 aliphatic heterocycles. The predicted molar refractivity (Wildman–Crippen MR) is 116 cm³/mol. The van der Waals surface area contributed by atoms with E-state index in [2.05, 4.69) is 43.5 Å². The van der Waals surface area contributed by atoms with E-state index in [1.54, 1.807) is 17.6 Å². The molecular weight excluding hydrogens is 366 g/mol. The molecule has 2 unspecified atom stereocenters. The molecule has 0 amide bonds. The number of benzene rings is 1. The fourth-order valence-electron chi connectivity index (χ4n) is 2.52. The molecule has 0 fully saturated rings. The maximum Gasteiger partial charge on any atom is 0.186 e. The van der Waals surface area contributed by atoms with Gasteiger partial charge in [0.05, 0.1) is 10.7 Å². The van der Waals surface area contributed by atoms with E-state index in [4.69, 9.17) is 4.98 Å². The van der Waals surface area contributed by atoms with Gasteiger partial charge in [-0.2, -0.15) is 0 Å². The number of hydrogen-bond acceptors (Lipinski definition) is 4. The van der Waals surface area contributed by atoms with Crippen LogP contribution in [-0.4, -0.2) is 22.0 Å². The van der Waals surface area contributed by atoms with Crippen LogP contribution in [0.15, 0.2) is 33.9 Å². The Morgan fingerprint density at radius 2 is 2.04 bits per heavy atom. The molecule has 0 saturated carbocycles. The van der Waals surface area contributed by atoms with Crippen LogP contribution in [0.5, 0.6) is 0 Å². The molecule has 2 atom stereocenters. The Morgan fingerprint density at radius 3 is 2.68 bits per heavy atom. The fraction of sp³-hybridized carbons (Fsp3) is 0.350. The fourth-order valence-corrected chi connectivity index (χ4v) is 4.87. The molecule has 0 aliphatic carbocycles. The lowest BCUT2D eigenvalue weighted by atomic mass is 10.1. The van der Waals surface area contributed by atoms with Crippen LogP contribution < -0.4 is 0 Å². The summed E-state index contributed by atoms with van der Waals surface area (Å²) in [6.45, 7) is 4.45. The van der Waals surface area contributed by atoms with E-state index in [0.29, 0.717) is 5.92 Å². The minimum atomic E-state index is -0.967. The van der Waals surface area contributed by atoms with Crippen LogP contribution in [0.2, 0.25) is 0 Å². The largest absolute Gasteiger partial charge is 0.611 e. The average Bonchev–Trinajstić information content (AvgIpc) is 3.07. The first-order valence-corrected chi connectivity index (χ1v) is 12.0. The molecule has 25 heavy (non-hydrogen) atoms. The van der Waals surface area contributed by atoms with Gasteiger partial charge in [0.25, 0.3) is 0 Å². The van der Waals surface area contributed by atoms with Gasteiger partial charge in [-0.3, -0.25) is 0 Å². The first-order chi connectivity index (χ1) is 12.0. The summed E-state index contributed by atoms with van der Waals surface area (Å²) in [7, 11) is 0. The molecule has 1 heterocycles. The highest BCUT2D eigenvalue weighted by Gasteiger charge is 2.10. The predicted octanol–water partition coefficient (Wildman–Crippen LogP) is 6.26. The lowest BCUT2D eigenvalue weighted by Gasteiger charge is -2.07. The SMILES string of the molecule is CCCC(C)c1nc(C=Cc2ccccc2C=C(SC)[S+](C)[O-])cs1. The van der Waals surface area contributed by atoms with Crippen molar-refractivity contribution in [1.29, 1.82) is 0 Å². The zero-order valence-corrected chi connectivity index (χ0v) is 17.6. The maximum atomic E-state index is 11.8. The highest BCUT2D eigenvalue weighted by atomic mass is 32.3. The second kappa shape index (κ2) is 10.2. The molecule has 5 heteroatoms. The third-order valence-electron chi connectivity index (χ3n) is 3.87. The van der Waals surface area contributed by atoms with E-state index in [1.165, 1.54) is 29.6 Å². The van der Waals surface area contributed by atoms with Crippen molar-refractivity contribution in [3.8, 4) is 0 Å². The molecule has 0 N–H and O–H groups in total. The molecule has 0 radical (unpaired) electrons. The Bertz CT molecular complexity index is 734. The quantitative estimate of drug-likeness (QED) is 0.498. The normalized spacial score (nSPS) is 14.8. The lowest BCUT2D eigenvalue weighted by Crippen LogP contribution is -1.97. The molecule has 0 bridgehead atoms. The van der Waals surface area contributed by atoms with E-state index < -0.39 is 11.2 Å². The van der Waals surface area contributed by atoms with Crippen LogP contribution in [0.4, 0.5) is 0 Å². The van der Waals surface area contributed by atoms with Gasteiger partial charge >= 0.3 is 0 Å². The molecule has 2 nitrogen and oxygen atoms in total. The van der Waals surface area contributed by atoms with E-state index >= 15 is 0 Å². The van der Waals surface area contributed by atoms with Crippen molar-refractivity contribution >= 4 is 52.5 Å². The Labute approximate surface area is 162 Å². The first kappa shape index (κ1) is 20.3. The van der Waals surface area contributed by atoms with Crippen molar-refractivity contribution in [3.63, 3.8) is 0 Å². The number of hydrogen-bond donors (Lipinski definition) is 0. The van der Waals surface area contributed by atoms with Crippen LogP contribution in [-0.2, 0) is 11.2 Å². The van der Waals surface area contributed by atoms with Gasteiger partial charge < -0.3 is 4.55 Å². The van der Waals surface area contributed by atoms with Gasteiger partial charge in [0.15, 0.2) is 4.24 Å². The van der Waals surface area contributed by atoms with Crippen molar-refractivity contribution < 1.29 is 4.55 Å². The number of nitrogens with zero attached hydrogens (tertiary/aromatic N) is 1. The highest BCUT2D eigenvalue weighted by Crippen LogP contribution is 2.26. The molecule has 0 spiro atoms. The number of thioether (sulfide) groups is 1. The van der Waals surface area contributed by atoms with Gasteiger partial charge in [0, 0.05) is 17.4 Å². The molecule has 2 aromatic rings. The van der Waals surface area contributed by atoms with Crippen LogP contribution in [0.1, 0.15) is 54.4 Å². The molecule has 0 saturated heterocycles. The van der Waals surface area contributed by atoms with Crippen molar-refractivity contribution in [2.75, 3.05) is 12.5 Å². The average molecular weight is 392 g/mol. The summed E-state index contributed by atoms with van der Waals surface area (Å²) in [6, 6.07) is 8.16. The molecular formula is C20H25NOS3. The van der Waals surface area contributed by atoms with Crippen LogP contribution in [0, 0.1) is 0 Å². The van der Waals surface area contributed by atoms with Crippen molar-refractivity contribution in [2.24, 2.45) is 0 Å². The Morgan fingerprint density at radius 1 is 1.32 bits per heavy atom. The number of aromatic nitrogens is 1. The monoisotopic (exact) mass is 391 g/mol. The Hall–Kier alpha value is -1.01. The maximum absolute atomic E-state index is 11.8. The van der Waals surface area contributed by atoms with E-state index in [0.717, 1.165) is 21.1 Å². The summed E-state index contributed by atoms with van der Waals surface area (Å²) in [4.78, 5) is 4.74. The van der Waals surface area contributed by atoms with Crippen LogP contribution in [0.3, 0.4) is 0 Å². The van der Waals surface area contributed by atoms with E-state index in [9.17, 15) is 4.55 Å². The standard InChI is InChI=1S/C20H25NOS3/c1-5-8-15(2)20-21-18(14-24-20)12-11-16-9-6-7-10-17(16)13-19(23-3)25(4)22/h6-7,9-15H,5,8H2,1-4H3. The van der Waals surface area contributed by atoms with Gasteiger partial charge in [0.2, 0.25) is 0 Å². The van der Waals surface area contributed by atoms with Gasteiger partial charge in [0.1, 0.15) is 6.26 Å². The summed E-state index contributed by atoms with van der Waals surface area (Å²) in [6.07, 6.45) is 12.2. The van der Waals surface area contributed by atoms with Gasteiger partial charge in [-0.05, 0) is 41.1 Å². The lowest BCUT2D eigenvalue weighted by molar-refractivity contribution is 0.608. The molecule has 1 aromatic heterocycles. The minimum Gasteiger partial charge on any atom is -0.611 e. The van der Waals surface area contributed by atoms with Gasteiger partial charge in [-0.15, -0.1) is 11.3 Å². The zero-order valence-electron chi connectivity index (χ0n) is 15.2. The second-order valence-corrected chi connectivity index (χ2v) is 9.23. The van der Waals surface area contributed by atoms with Crippen molar-refractivity contribution in [2.45, 2.75) is 32.6 Å². The highest BCUT2D eigenvalue weighted by molar-refractivity contribution is 8.18. The number of thiazole rings is 1. The zero-order chi connectivity index (χ0) is 18.2. The summed E-state index contributed by atoms with van der Waals surface area (Å²) in [5.74, 6) is 0.524. The van der Waals surface area contributed by atoms with E-state index in [-0.39, 0.29) is 0 Å². The van der Waals surface area contributed by atoms with Crippen molar-refractivity contribution in [3.05, 3.63) is 55.7 Å². The minimum absolute atomic E-state index is 0.524. The third kappa shape index (κ3) is 6.03. The Kier molecular flexibility index (Phi) is 8.30.